The molecule has 1 aromatic carbocycles. The average Bonchev–Trinajstić information content (AvgIpc) is 2.71. The summed E-state index contributed by atoms with van der Waals surface area (Å²) in [6, 6.07) is 14.2. The first-order valence-corrected chi connectivity index (χ1v) is 8.55. The quantitative estimate of drug-likeness (QED) is 0.780. The summed E-state index contributed by atoms with van der Waals surface area (Å²) < 4.78 is 13.8. The molecular formula is C19H19FN6. The third-order valence-electron chi connectivity index (χ3n) is 4.32. The van der Waals surface area contributed by atoms with Crippen LogP contribution in [0.3, 0.4) is 0 Å². The first-order chi connectivity index (χ1) is 12.8. The Kier molecular flexibility index (Phi) is 4.59. The fourth-order valence-electron chi connectivity index (χ4n) is 2.95. The van der Waals surface area contributed by atoms with Gasteiger partial charge in [0.1, 0.15) is 17.5 Å². The molecule has 4 rings (SSSR count). The molecule has 0 amide bonds. The molecule has 0 spiro atoms. The van der Waals surface area contributed by atoms with Crippen LogP contribution in [0.5, 0.6) is 0 Å². The SMILES string of the molecule is Fc1ccccc1Nc1ccnc(N2CCN(c3ccccn3)CC2)n1. The number of hydrogen-bond acceptors (Lipinski definition) is 6. The second-order valence-electron chi connectivity index (χ2n) is 6.01. The Morgan fingerprint density at radius 2 is 1.58 bits per heavy atom. The Morgan fingerprint density at radius 3 is 2.35 bits per heavy atom. The Balaban J connectivity index is 1.44. The molecule has 7 heteroatoms. The molecule has 0 unspecified atom stereocenters. The van der Waals surface area contributed by atoms with Gasteiger partial charge in [0.05, 0.1) is 5.69 Å². The fraction of sp³-hybridized carbons (Fsp3) is 0.211. The van der Waals surface area contributed by atoms with Gasteiger partial charge >= 0.3 is 0 Å². The molecule has 1 saturated heterocycles. The van der Waals surface area contributed by atoms with Gasteiger partial charge in [0.2, 0.25) is 5.95 Å². The number of rotatable bonds is 4. The Morgan fingerprint density at radius 1 is 0.808 bits per heavy atom. The van der Waals surface area contributed by atoms with Crippen molar-refractivity contribution in [3.8, 4) is 0 Å². The Hall–Kier alpha value is -3.22. The van der Waals surface area contributed by atoms with Crippen molar-refractivity contribution in [2.45, 2.75) is 0 Å². The number of benzene rings is 1. The number of hydrogen-bond donors (Lipinski definition) is 1. The maximum atomic E-state index is 13.8. The van der Waals surface area contributed by atoms with Crippen molar-refractivity contribution in [2.75, 3.05) is 41.3 Å². The predicted octanol–water partition coefficient (Wildman–Crippen LogP) is 3.08. The number of nitrogens with zero attached hydrogens (tertiary/aromatic N) is 5. The molecule has 3 aromatic rings. The summed E-state index contributed by atoms with van der Waals surface area (Å²) in [5.74, 6) is 1.90. The summed E-state index contributed by atoms with van der Waals surface area (Å²) in [5.41, 5.74) is 0.400. The lowest BCUT2D eigenvalue weighted by molar-refractivity contribution is 0.631. The summed E-state index contributed by atoms with van der Waals surface area (Å²) in [6.07, 6.45) is 3.50. The largest absolute Gasteiger partial charge is 0.353 e. The van der Waals surface area contributed by atoms with Gasteiger partial charge in [0, 0.05) is 38.6 Å². The van der Waals surface area contributed by atoms with Gasteiger partial charge < -0.3 is 15.1 Å². The summed E-state index contributed by atoms with van der Waals surface area (Å²) >= 11 is 0. The second kappa shape index (κ2) is 7.35. The van der Waals surface area contributed by atoms with Crippen molar-refractivity contribution in [1.82, 2.24) is 15.0 Å². The van der Waals surface area contributed by atoms with E-state index in [0.717, 1.165) is 32.0 Å². The monoisotopic (exact) mass is 350 g/mol. The lowest BCUT2D eigenvalue weighted by atomic mass is 10.3. The predicted molar refractivity (Wildman–Crippen MR) is 100 cm³/mol. The lowest BCUT2D eigenvalue weighted by Crippen LogP contribution is -2.47. The van der Waals surface area contributed by atoms with Gasteiger partial charge in [-0.2, -0.15) is 4.98 Å². The highest BCUT2D eigenvalue weighted by Crippen LogP contribution is 2.20. The van der Waals surface area contributed by atoms with E-state index < -0.39 is 0 Å². The highest BCUT2D eigenvalue weighted by molar-refractivity contribution is 5.57. The number of para-hydroxylation sites is 1. The molecule has 1 aliphatic rings. The van der Waals surface area contributed by atoms with Crippen molar-refractivity contribution in [1.29, 1.82) is 0 Å². The van der Waals surface area contributed by atoms with Crippen LogP contribution >= 0.6 is 0 Å². The Bertz CT molecular complexity index is 865. The maximum Gasteiger partial charge on any atom is 0.227 e. The van der Waals surface area contributed by atoms with E-state index in [1.165, 1.54) is 6.07 Å². The summed E-state index contributed by atoms with van der Waals surface area (Å²) in [4.78, 5) is 17.7. The standard InChI is InChI=1S/C19H19FN6/c20-15-5-1-2-6-16(15)23-17-8-10-22-19(24-17)26-13-11-25(12-14-26)18-7-3-4-9-21-18/h1-10H,11-14H2,(H,22,23,24). The first kappa shape index (κ1) is 16.3. The molecule has 0 aliphatic carbocycles. The van der Waals surface area contributed by atoms with Crippen LogP contribution in [0.15, 0.2) is 60.9 Å². The molecule has 0 radical (unpaired) electrons. The van der Waals surface area contributed by atoms with Crippen LogP contribution in [0.4, 0.5) is 27.7 Å². The van der Waals surface area contributed by atoms with E-state index in [1.807, 2.05) is 24.4 Å². The van der Waals surface area contributed by atoms with Crippen LogP contribution in [-0.2, 0) is 0 Å². The molecule has 132 valence electrons. The number of anilines is 4. The minimum Gasteiger partial charge on any atom is -0.353 e. The number of nitrogens with one attached hydrogen (secondary N) is 1. The van der Waals surface area contributed by atoms with Crippen molar-refractivity contribution in [2.24, 2.45) is 0 Å². The van der Waals surface area contributed by atoms with Gasteiger partial charge in [-0.25, -0.2) is 14.4 Å². The van der Waals surface area contributed by atoms with Crippen molar-refractivity contribution < 1.29 is 4.39 Å². The molecule has 6 nitrogen and oxygen atoms in total. The molecule has 3 heterocycles. The maximum absolute atomic E-state index is 13.8. The molecule has 0 saturated carbocycles. The molecule has 1 aliphatic heterocycles. The fourth-order valence-corrected chi connectivity index (χ4v) is 2.95. The number of halogens is 1. The van der Waals surface area contributed by atoms with Gasteiger partial charge in [0.15, 0.2) is 0 Å². The molecule has 1 fully saturated rings. The van der Waals surface area contributed by atoms with E-state index in [4.69, 9.17) is 0 Å². The van der Waals surface area contributed by atoms with E-state index in [-0.39, 0.29) is 5.82 Å². The molecule has 2 aromatic heterocycles. The Labute approximate surface area is 151 Å². The van der Waals surface area contributed by atoms with Crippen LogP contribution < -0.4 is 15.1 Å². The number of pyridine rings is 1. The number of aromatic nitrogens is 3. The molecule has 0 bridgehead atoms. The van der Waals surface area contributed by atoms with Crippen molar-refractivity contribution >= 4 is 23.3 Å². The minimum atomic E-state index is -0.309. The van der Waals surface area contributed by atoms with Crippen molar-refractivity contribution in [3.63, 3.8) is 0 Å². The second-order valence-corrected chi connectivity index (χ2v) is 6.01. The zero-order chi connectivity index (χ0) is 17.8. The first-order valence-electron chi connectivity index (χ1n) is 8.55. The third kappa shape index (κ3) is 3.56. The van der Waals surface area contributed by atoms with Gasteiger partial charge in [-0.15, -0.1) is 0 Å². The highest BCUT2D eigenvalue weighted by atomic mass is 19.1. The summed E-state index contributed by atoms with van der Waals surface area (Å²) in [7, 11) is 0. The molecule has 1 N–H and O–H groups in total. The van der Waals surface area contributed by atoms with Gasteiger partial charge in [-0.1, -0.05) is 18.2 Å². The van der Waals surface area contributed by atoms with E-state index in [9.17, 15) is 4.39 Å². The van der Waals surface area contributed by atoms with Crippen LogP contribution in [0.1, 0.15) is 0 Å². The average molecular weight is 350 g/mol. The minimum absolute atomic E-state index is 0.309. The van der Waals surface area contributed by atoms with E-state index in [1.54, 1.807) is 30.5 Å². The van der Waals surface area contributed by atoms with Gasteiger partial charge in [-0.05, 0) is 30.3 Å². The van der Waals surface area contributed by atoms with Crippen LogP contribution in [-0.4, -0.2) is 41.1 Å². The zero-order valence-corrected chi connectivity index (χ0v) is 14.2. The topological polar surface area (TPSA) is 57.2 Å². The van der Waals surface area contributed by atoms with Crippen LogP contribution in [0, 0.1) is 5.82 Å². The number of piperazine rings is 1. The van der Waals surface area contributed by atoms with Crippen LogP contribution in [0.25, 0.3) is 0 Å². The smallest absolute Gasteiger partial charge is 0.227 e. The normalized spacial score (nSPS) is 14.3. The lowest BCUT2D eigenvalue weighted by Gasteiger charge is -2.35. The van der Waals surface area contributed by atoms with Crippen molar-refractivity contribution in [3.05, 3.63) is 66.7 Å². The molecule has 0 atom stereocenters. The molecular weight excluding hydrogens is 331 g/mol. The van der Waals surface area contributed by atoms with E-state index in [2.05, 4.69) is 30.1 Å². The van der Waals surface area contributed by atoms with Gasteiger partial charge in [-0.3, -0.25) is 0 Å². The van der Waals surface area contributed by atoms with E-state index in [0.29, 0.717) is 17.5 Å². The third-order valence-corrected chi connectivity index (χ3v) is 4.32. The van der Waals surface area contributed by atoms with E-state index >= 15 is 0 Å². The van der Waals surface area contributed by atoms with Crippen LogP contribution in [0.2, 0.25) is 0 Å². The molecule has 26 heavy (non-hydrogen) atoms. The summed E-state index contributed by atoms with van der Waals surface area (Å²) in [6.45, 7) is 3.32. The highest BCUT2D eigenvalue weighted by Gasteiger charge is 2.20. The summed E-state index contributed by atoms with van der Waals surface area (Å²) in [5, 5.41) is 3.01. The zero-order valence-electron chi connectivity index (χ0n) is 14.2. The van der Waals surface area contributed by atoms with Gasteiger partial charge in [0.25, 0.3) is 0 Å².